The molecule has 0 aliphatic heterocycles. The number of thiazole rings is 1. The van der Waals surface area contributed by atoms with E-state index < -0.39 is 12.1 Å². The molecule has 1 fully saturated rings. The Kier molecular flexibility index (Phi) is 5.43. The molecule has 150 valence electrons. The van der Waals surface area contributed by atoms with Crippen molar-refractivity contribution in [3.63, 3.8) is 0 Å². The number of amides is 1. The van der Waals surface area contributed by atoms with Gasteiger partial charge in [-0.15, -0.1) is 11.3 Å². The van der Waals surface area contributed by atoms with Crippen LogP contribution in [0.25, 0.3) is 0 Å². The van der Waals surface area contributed by atoms with Crippen LogP contribution in [-0.2, 0) is 0 Å². The Labute approximate surface area is 170 Å². The molecule has 0 bridgehead atoms. The molecule has 1 unspecified atom stereocenters. The van der Waals surface area contributed by atoms with E-state index in [-0.39, 0.29) is 5.69 Å². The van der Waals surface area contributed by atoms with E-state index in [1.807, 2.05) is 6.92 Å². The largest absolute Gasteiger partial charge is 0.373 e. The molecule has 1 aliphatic carbocycles. The van der Waals surface area contributed by atoms with Crippen molar-refractivity contribution >= 4 is 33.8 Å². The number of aryl methyl sites for hydroxylation is 1. The number of aliphatic hydroxyl groups excluding tert-OH is 1. The average Bonchev–Trinajstić information content (AvgIpc) is 3.51. The van der Waals surface area contributed by atoms with Crippen molar-refractivity contribution in [3.05, 3.63) is 47.0 Å². The molecule has 4 N–H and O–H groups in total. The average molecular weight is 412 g/mol. The highest BCUT2D eigenvalue weighted by atomic mass is 32.1. The summed E-state index contributed by atoms with van der Waals surface area (Å²) in [5.41, 5.74) is 1.91. The van der Waals surface area contributed by atoms with E-state index in [4.69, 9.17) is 0 Å². The number of carbonyl (C=O) groups excluding carboxylic acids is 1. The quantitative estimate of drug-likeness (QED) is 0.430. The van der Waals surface area contributed by atoms with Gasteiger partial charge < -0.3 is 15.7 Å². The fourth-order valence-electron chi connectivity index (χ4n) is 2.75. The van der Waals surface area contributed by atoms with E-state index in [0.717, 1.165) is 23.5 Å². The number of aliphatic hydroxyl groups is 1. The van der Waals surface area contributed by atoms with Gasteiger partial charge in [0.2, 0.25) is 0 Å². The molecule has 10 nitrogen and oxygen atoms in total. The maximum atomic E-state index is 13.1. The van der Waals surface area contributed by atoms with Gasteiger partial charge in [-0.05, 0) is 26.8 Å². The topological polar surface area (TPSA) is 138 Å². The van der Waals surface area contributed by atoms with E-state index in [1.165, 1.54) is 17.7 Å². The Morgan fingerprint density at radius 3 is 2.69 bits per heavy atom. The first-order valence-electron chi connectivity index (χ1n) is 9.08. The maximum Gasteiger partial charge on any atom is 0.278 e. The summed E-state index contributed by atoms with van der Waals surface area (Å²) in [7, 11) is 1.61. The minimum Gasteiger partial charge on any atom is -0.373 e. The summed E-state index contributed by atoms with van der Waals surface area (Å²) in [4.78, 5) is 34.3. The van der Waals surface area contributed by atoms with Crippen LogP contribution in [0.2, 0.25) is 0 Å². The maximum absolute atomic E-state index is 13.1. The van der Waals surface area contributed by atoms with Crippen molar-refractivity contribution in [2.24, 2.45) is 0 Å². The van der Waals surface area contributed by atoms with E-state index in [2.05, 4.69) is 40.9 Å². The van der Waals surface area contributed by atoms with Crippen LogP contribution in [-0.4, -0.2) is 43.0 Å². The van der Waals surface area contributed by atoms with Crippen LogP contribution in [0, 0.1) is 6.92 Å². The Balaban J connectivity index is 1.65. The van der Waals surface area contributed by atoms with Crippen molar-refractivity contribution in [1.82, 2.24) is 30.2 Å². The van der Waals surface area contributed by atoms with Crippen molar-refractivity contribution in [2.45, 2.75) is 31.9 Å². The number of rotatable bonds is 7. The van der Waals surface area contributed by atoms with Crippen LogP contribution in [0.1, 0.15) is 51.9 Å². The second-order valence-corrected chi connectivity index (χ2v) is 7.81. The number of hydrogen-bond acceptors (Lipinski definition) is 10. The third kappa shape index (κ3) is 4.36. The van der Waals surface area contributed by atoms with Gasteiger partial charge in [0.1, 0.15) is 17.0 Å². The second kappa shape index (κ2) is 8.15. The van der Waals surface area contributed by atoms with Crippen molar-refractivity contribution in [1.29, 1.82) is 0 Å². The van der Waals surface area contributed by atoms with Crippen molar-refractivity contribution in [2.75, 3.05) is 17.7 Å². The van der Waals surface area contributed by atoms with Crippen LogP contribution < -0.4 is 16.0 Å². The van der Waals surface area contributed by atoms with E-state index in [9.17, 15) is 9.90 Å². The van der Waals surface area contributed by atoms with E-state index in [1.54, 1.807) is 25.6 Å². The first-order chi connectivity index (χ1) is 14.0. The molecule has 11 heteroatoms. The summed E-state index contributed by atoms with van der Waals surface area (Å²) in [5.74, 6) is 0.210. The molecule has 1 aliphatic rings. The van der Waals surface area contributed by atoms with Gasteiger partial charge in [0.05, 0.1) is 35.0 Å². The molecular formula is C18H20N8O2S. The van der Waals surface area contributed by atoms with Crippen LogP contribution in [0.4, 0.5) is 16.5 Å². The van der Waals surface area contributed by atoms with Crippen LogP contribution in [0.3, 0.4) is 0 Å². The lowest BCUT2D eigenvalue weighted by atomic mass is 10.2. The van der Waals surface area contributed by atoms with Gasteiger partial charge in [-0.25, -0.2) is 24.9 Å². The summed E-state index contributed by atoms with van der Waals surface area (Å²) in [5, 5.41) is 19.9. The number of aromatic nitrogens is 5. The summed E-state index contributed by atoms with van der Waals surface area (Å²) in [6.07, 6.45) is 7.37. The molecule has 0 spiro atoms. The van der Waals surface area contributed by atoms with E-state index >= 15 is 0 Å². The van der Waals surface area contributed by atoms with Gasteiger partial charge in [0, 0.05) is 5.92 Å². The molecular weight excluding hydrogens is 392 g/mol. The number of anilines is 3. The van der Waals surface area contributed by atoms with Crippen molar-refractivity contribution in [3.8, 4) is 0 Å². The molecule has 1 saturated carbocycles. The van der Waals surface area contributed by atoms with Gasteiger partial charge in [-0.3, -0.25) is 10.1 Å². The minimum atomic E-state index is -0.988. The van der Waals surface area contributed by atoms with Crippen LogP contribution in [0.5, 0.6) is 0 Å². The second-order valence-electron chi connectivity index (χ2n) is 6.61. The van der Waals surface area contributed by atoms with Gasteiger partial charge in [-0.1, -0.05) is 0 Å². The summed E-state index contributed by atoms with van der Waals surface area (Å²) in [6.45, 7) is 1.81. The first-order valence-corrected chi connectivity index (χ1v) is 9.89. The third-order valence-corrected chi connectivity index (χ3v) is 5.25. The van der Waals surface area contributed by atoms with Gasteiger partial charge in [-0.2, -0.15) is 0 Å². The van der Waals surface area contributed by atoms with Gasteiger partial charge in [0.25, 0.3) is 5.91 Å². The number of hydrogen-bond donors (Lipinski definition) is 4. The number of nitrogens with one attached hydrogen (secondary N) is 3. The molecule has 3 heterocycles. The standard InChI is InChI=1S/C18H20N8O2S/c1-9-23-14(16(27)19-2)18(29-9)26-17(28)13-15(24-11-5-20-8-21-6-11)22-7-12(25-13)10-3-4-10/h5-8,10,16,19,27H,3-4H2,1-2H3,(H,22,24)(H,26,28). The molecule has 0 aromatic carbocycles. The lowest BCUT2D eigenvalue weighted by molar-refractivity contribution is 0.102. The Bertz CT molecular complexity index is 1020. The predicted molar refractivity (Wildman–Crippen MR) is 108 cm³/mol. The lowest BCUT2D eigenvalue weighted by Gasteiger charge is -2.13. The van der Waals surface area contributed by atoms with Crippen LogP contribution >= 0.6 is 11.3 Å². The first kappa shape index (κ1) is 19.3. The molecule has 0 saturated heterocycles. The Hall–Kier alpha value is -3.02. The zero-order valence-corrected chi connectivity index (χ0v) is 16.7. The highest BCUT2D eigenvalue weighted by molar-refractivity contribution is 7.16. The lowest BCUT2D eigenvalue weighted by Crippen LogP contribution is -2.21. The zero-order valence-electron chi connectivity index (χ0n) is 15.9. The SMILES string of the molecule is CNC(O)c1nc(C)sc1NC(=O)c1nc(C2CC2)cnc1Nc1cncnc1. The molecule has 4 rings (SSSR count). The van der Waals surface area contributed by atoms with Gasteiger partial charge in [0.15, 0.2) is 17.7 Å². The zero-order chi connectivity index (χ0) is 20.4. The molecule has 0 radical (unpaired) electrons. The summed E-state index contributed by atoms with van der Waals surface area (Å²) >= 11 is 1.28. The Morgan fingerprint density at radius 2 is 2.00 bits per heavy atom. The fourth-order valence-corrected chi connectivity index (χ4v) is 3.59. The molecule has 1 atom stereocenters. The summed E-state index contributed by atoms with van der Waals surface area (Å²) < 4.78 is 0. The monoisotopic (exact) mass is 412 g/mol. The smallest absolute Gasteiger partial charge is 0.278 e. The molecule has 29 heavy (non-hydrogen) atoms. The molecule has 1 amide bonds. The number of nitrogens with zero attached hydrogens (tertiary/aromatic N) is 5. The number of carbonyl (C=O) groups is 1. The summed E-state index contributed by atoms with van der Waals surface area (Å²) in [6, 6.07) is 0. The highest BCUT2D eigenvalue weighted by Crippen LogP contribution is 2.39. The van der Waals surface area contributed by atoms with Crippen LogP contribution in [0.15, 0.2) is 24.9 Å². The molecule has 3 aromatic rings. The van der Waals surface area contributed by atoms with Gasteiger partial charge >= 0.3 is 0 Å². The third-order valence-electron chi connectivity index (χ3n) is 4.34. The minimum absolute atomic E-state index is 0.161. The van der Waals surface area contributed by atoms with E-state index in [0.29, 0.717) is 28.1 Å². The predicted octanol–water partition coefficient (Wildman–Crippen LogP) is 2.12. The highest BCUT2D eigenvalue weighted by Gasteiger charge is 2.28. The molecule has 3 aromatic heterocycles. The Morgan fingerprint density at radius 1 is 1.24 bits per heavy atom. The normalized spacial score (nSPS) is 14.4. The van der Waals surface area contributed by atoms with Crippen molar-refractivity contribution < 1.29 is 9.90 Å². The fraction of sp³-hybridized carbons (Fsp3) is 0.333.